The lowest BCUT2D eigenvalue weighted by Crippen LogP contribution is -2.15. The maximum absolute atomic E-state index is 12.5. The summed E-state index contributed by atoms with van der Waals surface area (Å²) in [6.45, 7) is 3.50. The quantitative estimate of drug-likeness (QED) is 0.647. The van der Waals surface area contributed by atoms with Gasteiger partial charge in [0, 0.05) is 23.4 Å². The molecule has 0 aliphatic heterocycles. The van der Waals surface area contributed by atoms with Crippen LogP contribution in [0.3, 0.4) is 0 Å². The minimum Gasteiger partial charge on any atom is -0.363 e. The zero-order chi connectivity index (χ0) is 19.2. The molecule has 0 aliphatic rings. The first kappa shape index (κ1) is 18.3. The number of carbonyl (C=O) groups is 2. The van der Waals surface area contributed by atoms with Gasteiger partial charge in [0.2, 0.25) is 0 Å². The number of ketones is 1. The smallest absolute Gasteiger partial charge is 0.274 e. The molecule has 0 saturated carbocycles. The van der Waals surface area contributed by atoms with Crippen LogP contribution in [0.15, 0.2) is 67.0 Å². The number of carbonyl (C=O) groups excluding carboxylic acids is 2. The van der Waals surface area contributed by atoms with E-state index in [-0.39, 0.29) is 23.4 Å². The van der Waals surface area contributed by atoms with E-state index in [1.54, 1.807) is 30.3 Å². The van der Waals surface area contributed by atoms with Crippen molar-refractivity contribution in [3.63, 3.8) is 0 Å². The van der Waals surface area contributed by atoms with Gasteiger partial charge in [0.25, 0.3) is 5.91 Å². The van der Waals surface area contributed by atoms with Crippen molar-refractivity contribution in [3.8, 4) is 0 Å². The molecule has 3 aromatic rings. The summed E-state index contributed by atoms with van der Waals surface area (Å²) in [5.41, 5.74) is 2.43. The average Bonchev–Trinajstić information content (AvgIpc) is 2.69. The molecule has 1 aromatic heterocycles. The number of aromatic nitrogens is 2. The monoisotopic (exact) mass is 360 g/mol. The van der Waals surface area contributed by atoms with Crippen molar-refractivity contribution in [2.45, 2.75) is 19.9 Å². The topological polar surface area (TPSA) is 84.0 Å². The van der Waals surface area contributed by atoms with Gasteiger partial charge in [0.05, 0.1) is 0 Å². The number of anilines is 2. The van der Waals surface area contributed by atoms with E-state index in [0.717, 1.165) is 5.56 Å². The normalized spacial score (nSPS) is 11.5. The molecule has 6 heteroatoms. The van der Waals surface area contributed by atoms with Crippen LogP contribution >= 0.6 is 0 Å². The molecule has 0 fully saturated rings. The Morgan fingerprint density at radius 2 is 1.74 bits per heavy atom. The molecule has 3 rings (SSSR count). The van der Waals surface area contributed by atoms with Crippen LogP contribution in [0.1, 0.15) is 46.3 Å². The molecule has 0 spiro atoms. The van der Waals surface area contributed by atoms with E-state index in [0.29, 0.717) is 17.1 Å². The lowest BCUT2D eigenvalue weighted by molar-refractivity contribution is 0.100. The highest BCUT2D eigenvalue weighted by Gasteiger charge is 2.12. The molecule has 0 bridgehead atoms. The van der Waals surface area contributed by atoms with E-state index < -0.39 is 0 Å². The summed E-state index contributed by atoms with van der Waals surface area (Å²) < 4.78 is 0. The number of hydrogen-bond donors (Lipinski definition) is 2. The van der Waals surface area contributed by atoms with Crippen LogP contribution in [0.25, 0.3) is 0 Å². The van der Waals surface area contributed by atoms with Crippen molar-refractivity contribution >= 4 is 23.2 Å². The third kappa shape index (κ3) is 4.76. The van der Waals surface area contributed by atoms with Gasteiger partial charge in [-0.2, -0.15) is 0 Å². The number of benzene rings is 2. The molecule has 1 amide bonds. The second-order valence-corrected chi connectivity index (χ2v) is 6.16. The van der Waals surface area contributed by atoms with E-state index in [1.165, 1.54) is 13.3 Å². The summed E-state index contributed by atoms with van der Waals surface area (Å²) >= 11 is 0. The third-order valence-corrected chi connectivity index (χ3v) is 4.09. The van der Waals surface area contributed by atoms with Crippen molar-refractivity contribution in [2.75, 3.05) is 10.6 Å². The lowest BCUT2D eigenvalue weighted by atomic mass is 10.1. The fraction of sp³-hybridized carbons (Fsp3) is 0.143. The molecule has 2 N–H and O–H groups in total. The maximum atomic E-state index is 12.5. The highest BCUT2D eigenvalue weighted by Crippen LogP contribution is 2.18. The van der Waals surface area contributed by atoms with Gasteiger partial charge in [-0.25, -0.2) is 9.97 Å². The second kappa shape index (κ2) is 8.23. The van der Waals surface area contributed by atoms with E-state index in [4.69, 9.17) is 0 Å². The van der Waals surface area contributed by atoms with Gasteiger partial charge in [-0.1, -0.05) is 42.5 Å². The fourth-order valence-corrected chi connectivity index (χ4v) is 2.62. The summed E-state index contributed by atoms with van der Waals surface area (Å²) in [7, 11) is 0. The van der Waals surface area contributed by atoms with Crippen LogP contribution in [0, 0.1) is 0 Å². The first-order valence-electron chi connectivity index (χ1n) is 8.59. The summed E-state index contributed by atoms with van der Waals surface area (Å²) in [5.74, 6) is 0.132. The first-order valence-corrected chi connectivity index (χ1v) is 8.59. The van der Waals surface area contributed by atoms with Crippen molar-refractivity contribution in [1.29, 1.82) is 0 Å². The molecule has 27 heavy (non-hydrogen) atoms. The molecule has 136 valence electrons. The molecule has 0 radical (unpaired) electrons. The van der Waals surface area contributed by atoms with Gasteiger partial charge in [-0.05, 0) is 31.5 Å². The molecule has 0 saturated heterocycles. The minimum absolute atomic E-state index is 0.0317. The average molecular weight is 360 g/mol. The molecule has 0 aliphatic carbocycles. The molecular formula is C21H20N4O2. The second-order valence-electron chi connectivity index (χ2n) is 6.16. The molecule has 1 heterocycles. The van der Waals surface area contributed by atoms with Crippen LogP contribution in [0.5, 0.6) is 0 Å². The Labute approximate surface area is 157 Å². The van der Waals surface area contributed by atoms with E-state index >= 15 is 0 Å². The summed E-state index contributed by atoms with van der Waals surface area (Å²) in [6.07, 6.45) is 1.35. The number of rotatable bonds is 6. The molecule has 1 atom stereocenters. The fourth-order valence-electron chi connectivity index (χ4n) is 2.62. The largest absolute Gasteiger partial charge is 0.363 e. The van der Waals surface area contributed by atoms with E-state index in [1.807, 2.05) is 37.3 Å². The van der Waals surface area contributed by atoms with Crippen LogP contribution < -0.4 is 10.6 Å². The molecule has 1 unspecified atom stereocenters. The highest BCUT2D eigenvalue weighted by molar-refractivity contribution is 6.04. The first-order chi connectivity index (χ1) is 13.0. The van der Waals surface area contributed by atoms with Gasteiger partial charge >= 0.3 is 0 Å². The van der Waals surface area contributed by atoms with Gasteiger partial charge in [0.1, 0.15) is 17.8 Å². The van der Waals surface area contributed by atoms with Crippen LogP contribution in [-0.2, 0) is 0 Å². The summed E-state index contributed by atoms with van der Waals surface area (Å²) in [6, 6.07) is 18.4. The Hall–Kier alpha value is -3.54. The van der Waals surface area contributed by atoms with Crippen LogP contribution in [0.4, 0.5) is 11.5 Å². The predicted molar refractivity (Wildman–Crippen MR) is 105 cm³/mol. The number of Topliss-reactive ketones (excluding diaryl/α,β-unsaturated/α-hetero) is 1. The zero-order valence-electron chi connectivity index (χ0n) is 15.1. The van der Waals surface area contributed by atoms with Gasteiger partial charge in [0.15, 0.2) is 5.78 Å². The van der Waals surface area contributed by atoms with E-state index in [2.05, 4.69) is 20.6 Å². The summed E-state index contributed by atoms with van der Waals surface area (Å²) in [5, 5.41) is 6.02. The molecule has 6 nitrogen and oxygen atoms in total. The predicted octanol–water partition coefficient (Wildman–Crippen LogP) is 4.10. The highest BCUT2D eigenvalue weighted by atomic mass is 16.2. The van der Waals surface area contributed by atoms with Crippen molar-refractivity contribution in [1.82, 2.24) is 9.97 Å². The Bertz CT molecular complexity index is 957. The minimum atomic E-state index is -0.367. The van der Waals surface area contributed by atoms with Crippen molar-refractivity contribution in [3.05, 3.63) is 83.8 Å². The molecular weight excluding hydrogens is 340 g/mol. The number of nitrogens with zero attached hydrogens (tertiary/aromatic N) is 2. The van der Waals surface area contributed by atoms with Gasteiger partial charge in [-0.3, -0.25) is 9.59 Å². The Kier molecular flexibility index (Phi) is 5.56. The number of hydrogen-bond acceptors (Lipinski definition) is 5. The standard InChI is InChI=1S/C21H20N4O2/c1-14(16-7-4-3-5-8-16)24-20-12-19(22-13-23-20)21(27)25-18-10-6-9-17(11-18)15(2)26/h3-14H,1-2H3,(H,25,27)(H,22,23,24). The van der Waals surface area contributed by atoms with E-state index in [9.17, 15) is 9.59 Å². The SMILES string of the molecule is CC(=O)c1cccc(NC(=O)c2cc(NC(C)c3ccccc3)ncn2)c1. The van der Waals surface area contributed by atoms with Gasteiger partial charge < -0.3 is 10.6 Å². The van der Waals surface area contributed by atoms with Crippen molar-refractivity contribution in [2.24, 2.45) is 0 Å². The Morgan fingerprint density at radius 3 is 2.48 bits per heavy atom. The summed E-state index contributed by atoms with van der Waals surface area (Å²) in [4.78, 5) is 32.2. The zero-order valence-corrected chi connectivity index (χ0v) is 15.1. The third-order valence-electron chi connectivity index (χ3n) is 4.09. The Morgan fingerprint density at radius 1 is 0.963 bits per heavy atom. The number of nitrogens with one attached hydrogen (secondary N) is 2. The number of amides is 1. The maximum Gasteiger partial charge on any atom is 0.274 e. The van der Waals surface area contributed by atoms with Crippen molar-refractivity contribution < 1.29 is 9.59 Å². The van der Waals surface area contributed by atoms with Crippen LogP contribution in [0.2, 0.25) is 0 Å². The van der Waals surface area contributed by atoms with Crippen LogP contribution in [-0.4, -0.2) is 21.7 Å². The Balaban J connectivity index is 1.72. The lowest BCUT2D eigenvalue weighted by Gasteiger charge is -2.15. The molecule has 2 aromatic carbocycles. The van der Waals surface area contributed by atoms with Gasteiger partial charge in [-0.15, -0.1) is 0 Å².